The molecular formula is C14H29N3O2S. The smallest absolute Gasteiger partial charge is 0.282 e. The van der Waals surface area contributed by atoms with Crippen LogP contribution in [0.25, 0.3) is 0 Å². The molecule has 0 aromatic heterocycles. The van der Waals surface area contributed by atoms with Gasteiger partial charge in [-0.2, -0.15) is 17.0 Å². The third-order valence-corrected chi connectivity index (χ3v) is 6.54. The van der Waals surface area contributed by atoms with Crippen LogP contribution in [0.2, 0.25) is 0 Å². The zero-order chi connectivity index (χ0) is 14.8. The molecule has 6 heteroatoms. The first-order chi connectivity index (χ1) is 9.37. The van der Waals surface area contributed by atoms with Crippen LogP contribution in [0.1, 0.15) is 46.0 Å². The Balaban J connectivity index is 2.15. The lowest BCUT2D eigenvalue weighted by molar-refractivity contribution is 0.164. The lowest BCUT2D eigenvalue weighted by atomic mass is 9.85. The van der Waals surface area contributed by atoms with Crippen LogP contribution >= 0.6 is 0 Å². The fourth-order valence-electron chi connectivity index (χ4n) is 3.43. The highest BCUT2D eigenvalue weighted by atomic mass is 32.2. The molecule has 2 aliphatic rings. The topological polar surface area (TPSA) is 52.7 Å². The van der Waals surface area contributed by atoms with Gasteiger partial charge in [0.15, 0.2) is 0 Å². The lowest BCUT2D eigenvalue weighted by Gasteiger charge is -2.42. The highest BCUT2D eigenvalue weighted by Gasteiger charge is 2.39. The van der Waals surface area contributed by atoms with E-state index in [0.29, 0.717) is 19.6 Å². The van der Waals surface area contributed by atoms with Crippen molar-refractivity contribution in [3.63, 3.8) is 0 Å². The Labute approximate surface area is 123 Å². The van der Waals surface area contributed by atoms with Crippen LogP contribution in [-0.4, -0.2) is 56.3 Å². The van der Waals surface area contributed by atoms with E-state index in [4.69, 9.17) is 0 Å². The van der Waals surface area contributed by atoms with Crippen molar-refractivity contribution in [2.45, 2.75) is 52.0 Å². The second-order valence-corrected chi connectivity index (χ2v) is 8.81. The molecule has 0 aromatic rings. The molecule has 1 unspecified atom stereocenters. The molecule has 0 aromatic carbocycles. The van der Waals surface area contributed by atoms with Gasteiger partial charge in [-0.3, -0.25) is 0 Å². The van der Waals surface area contributed by atoms with Crippen molar-refractivity contribution in [1.82, 2.24) is 13.9 Å². The molecule has 0 radical (unpaired) electrons. The minimum Gasteiger partial charge on any atom is -0.318 e. The summed E-state index contributed by atoms with van der Waals surface area (Å²) in [6, 6.07) is 0.115. The molecule has 2 rings (SSSR count). The fourth-order valence-corrected chi connectivity index (χ4v) is 5.52. The zero-order valence-corrected chi connectivity index (χ0v) is 13.9. The Morgan fingerprint density at radius 3 is 2.60 bits per heavy atom. The highest BCUT2D eigenvalue weighted by molar-refractivity contribution is 7.86. The Morgan fingerprint density at radius 1 is 1.20 bits per heavy atom. The van der Waals surface area contributed by atoms with Crippen molar-refractivity contribution in [2.24, 2.45) is 5.41 Å². The molecule has 2 saturated heterocycles. The summed E-state index contributed by atoms with van der Waals surface area (Å²) in [6.45, 7) is 7.07. The molecule has 2 aliphatic heterocycles. The van der Waals surface area contributed by atoms with Gasteiger partial charge in [0, 0.05) is 32.2 Å². The second-order valence-electron chi connectivity index (χ2n) is 6.93. The number of nitrogens with zero attached hydrogens (tertiary/aromatic N) is 2. The summed E-state index contributed by atoms with van der Waals surface area (Å²) in [5.74, 6) is 0. The van der Waals surface area contributed by atoms with Gasteiger partial charge in [-0.25, -0.2) is 0 Å². The van der Waals surface area contributed by atoms with E-state index in [9.17, 15) is 8.42 Å². The van der Waals surface area contributed by atoms with Gasteiger partial charge in [0.2, 0.25) is 0 Å². The first-order valence-electron chi connectivity index (χ1n) is 7.78. The molecule has 20 heavy (non-hydrogen) atoms. The summed E-state index contributed by atoms with van der Waals surface area (Å²) in [4.78, 5) is 0. The van der Waals surface area contributed by atoms with Crippen LogP contribution in [-0.2, 0) is 10.2 Å². The zero-order valence-electron chi connectivity index (χ0n) is 13.1. The minimum atomic E-state index is -3.30. The number of hydrogen-bond acceptors (Lipinski definition) is 3. The van der Waals surface area contributed by atoms with Gasteiger partial charge in [-0.05, 0) is 38.1 Å². The second kappa shape index (κ2) is 6.30. The van der Waals surface area contributed by atoms with Crippen LogP contribution in [0.4, 0.5) is 0 Å². The van der Waals surface area contributed by atoms with Crippen molar-refractivity contribution in [3.8, 4) is 0 Å². The SMILES string of the molecule is CNCC1CCCCN1S(=O)(=O)N1CCCC(C)(C)C1. The van der Waals surface area contributed by atoms with E-state index in [2.05, 4.69) is 19.2 Å². The predicted molar refractivity (Wildman–Crippen MR) is 81.8 cm³/mol. The molecule has 0 spiro atoms. The quantitative estimate of drug-likeness (QED) is 0.855. The van der Waals surface area contributed by atoms with E-state index in [0.717, 1.165) is 38.6 Å². The molecule has 0 saturated carbocycles. The van der Waals surface area contributed by atoms with Gasteiger partial charge in [0.1, 0.15) is 0 Å². The molecule has 0 amide bonds. The Hall–Kier alpha value is -0.170. The standard InChI is InChI=1S/C14H29N3O2S/c1-14(2)8-6-9-16(12-14)20(18,19)17-10-5-4-7-13(17)11-15-3/h13,15H,4-12H2,1-3H3. The maximum absolute atomic E-state index is 12.9. The summed E-state index contributed by atoms with van der Waals surface area (Å²) in [6.07, 6.45) is 5.16. The molecule has 118 valence electrons. The maximum Gasteiger partial charge on any atom is 0.282 e. The summed E-state index contributed by atoms with van der Waals surface area (Å²) in [5, 5.41) is 3.13. The van der Waals surface area contributed by atoms with Gasteiger partial charge in [0.05, 0.1) is 0 Å². The van der Waals surface area contributed by atoms with E-state index >= 15 is 0 Å². The van der Waals surface area contributed by atoms with Crippen LogP contribution in [0.5, 0.6) is 0 Å². The van der Waals surface area contributed by atoms with Gasteiger partial charge < -0.3 is 5.32 Å². The maximum atomic E-state index is 12.9. The number of piperidine rings is 2. The Kier molecular flexibility index (Phi) is 5.10. The first kappa shape index (κ1) is 16.2. The lowest BCUT2D eigenvalue weighted by Crippen LogP contribution is -2.55. The third kappa shape index (κ3) is 3.53. The van der Waals surface area contributed by atoms with Crippen molar-refractivity contribution in [3.05, 3.63) is 0 Å². The van der Waals surface area contributed by atoms with Crippen molar-refractivity contribution in [1.29, 1.82) is 0 Å². The van der Waals surface area contributed by atoms with E-state index < -0.39 is 10.2 Å². The Morgan fingerprint density at radius 2 is 1.95 bits per heavy atom. The minimum absolute atomic E-state index is 0.0968. The van der Waals surface area contributed by atoms with Crippen molar-refractivity contribution in [2.75, 3.05) is 33.2 Å². The molecule has 2 heterocycles. The highest BCUT2D eigenvalue weighted by Crippen LogP contribution is 2.32. The average molecular weight is 303 g/mol. The number of nitrogens with one attached hydrogen (secondary N) is 1. The molecule has 1 atom stereocenters. The number of rotatable bonds is 4. The normalized spacial score (nSPS) is 29.4. The van der Waals surface area contributed by atoms with Gasteiger partial charge in [0.25, 0.3) is 10.2 Å². The largest absolute Gasteiger partial charge is 0.318 e. The van der Waals surface area contributed by atoms with Crippen LogP contribution in [0.15, 0.2) is 0 Å². The monoisotopic (exact) mass is 303 g/mol. The molecule has 2 fully saturated rings. The Bertz CT molecular complexity index is 420. The summed E-state index contributed by atoms with van der Waals surface area (Å²) < 4.78 is 29.3. The summed E-state index contributed by atoms with van der Waals surface area (Å²) in [5.41, 5.74) is 0.0968. The molecule has 0 aliphatic carbocycles. The number of likely N-dealkylation sites (N-methyl/N-ethyl adjacent to an activating group) is 1. The molecule has 1 N–H and O–H groups in total. The van der Waals surface area contributed by atoms with Crippen molar-refractivity contribution < 1.29 is 8.42 Å². The summed E-state index contributed by atoms with van der Waals surface area (Å²) >= 11 is 0. The van der Waals surface area contributed by atoms with Crippen LogP contribution < -0.4 is 5.32 Å². The summed E-state index contributed by atoms with van der Waals surface area (Å²) in [7, 11) is -1.41. The van der Waals surface area contributed by atoms with E-state index in [1.165, 1.54) is 0 Å². The predicted octanol–water partition coefficient (Wildman–Crippen LogP) is 1.43. The van der Waals surface area contributed by atoms with Crippen LogP contribution in [0, 0.1) is 5.41 Å². The van der Waals surface area contributed by atoms with Gasteiger partial charge in [-0.1, -0.05) is 20.3 Å². The molecule has 0 bridgehead atoms. The van der Waals surface area contributed by atoms with Crippen molar-refractivity contribution >= 4 is 10.2 Å². The third-order valence-electron chi connectivity index (χ3n) is 4.50. The number of hydrogen-bond donors (Lipinski definition) is 1. The average Bonchev–Trinajstić information content (AvgIpc) is 2.38. The van der Waals surface area contributed by atoms with Crippen LogP contribution in [0.3, 0.4) is 0 Å². The fraction of sp³-hybridized carbons (Fsp3) is 1.00. The van der Waals surface area contributed by atoms with E-state index in [1.54, 1.807) is 8.61 Å². The molecular weight excluding hydrogens is 274 g/mol. The van der Waals surface area contributed by atoms with E-state index in [-0.39, 0.29) is 11.5 Å². The van der Waals surface area contributed by atoms with Gasteiger partial charge in [-0.15, -0.1) is 0 Å². The van der Waals surface area contributed by atoms with Gasteiger partial charge >= 0.3 is 0 Å². The first-order valence-corrected chi connectivity index (χ1v) is 9.18. The molecule has 5 nitrogen and oxygen atoms in total. The van der Waals surface area contributed by atoms with E-state index in [1.807, 2.05) is 7.05 Å².